The molecule has 170 valence electrons. The van der Waals surface area contributed by atoms with Gasteiger partial charge in [0.25, 0.3) is 11.6 Å². The number of carbonyl (C=O) groups is 1. The monoisotopic (exact) mass is 473 g/mol. The number of fused-ring (bicyclic) bond motifs is 1. The van der Waals surface area contributed by atoms with Crippen LogP contribution in [0.25, 0.3) is 22.2 Å². The quantitative estimate of drug-likeness (QED) is 0.311. The maximum atomic E-state index is 12.9. The number of para-hydroxylation sites is 1. The summed E-state index contributed by atoms with van der Waals surface area (Å²) in [6.45, 7) is 2.04. The highest BCUT2D eigenvalue weighted by molar-refractivity contribution is 6.30. The van der Waals surface area contributed by atoms with Crippen LogP contribution in [0.4, 0.5) is 11.6 Å². The molecule has 0 bridgehead atoms. The van der Waals surface area contributed by atoms with Gasteiger partial charge in [-0.2, -0.15) is 0 Å². The Balaban J connectivity index is 1.39. The second-order valence-corrected chi connectivity index (χ2v) is 8.42. The predicted molar refractivity (Wildman–Crippen MR) is 131 cm³/mol. The molecule has 34 heavy (non-hydrogen) atoms. The fourth-order valence-electron chi connectivity index (χ4n) is 4.08. The summed E-state index contributed by atoms with van der Waals surface area (Å²) >= 11 is 6.07. The van der Waals surface area contributed by atoms with Crippen LogP contribution in [0.5, 0.6) is 0 Å². The summed E-state index contributed by atoms with van der Waals surface area (Å²) in [6, 6.07) is 21.3. The summed E-state index contributed by atoms with van der Waals surface area (Å²) in [5, 5.41) is 12.7. The summed E-state index contributed by atoms with van der Waals surface area (Å²) in [6.07, 6.45) is 0. The molecule has 1 aromatic heterocycles. The van der Waals surface area contributed by atoms with Crippen molar-refractivity contribution in [3.05, 3.63) is 93.5 Å². The Kier molecular flexibility index (Phi) is 5.81. The van der Waals surface area contributed by atoms with E-state index >= 15 is 0 Å². The van der Waals surface area contributed by atoms with Crippen molar-refractivity contribution in [3.63, 3.8) is 0 Å². The lowest BCUT2D eigenvalue weighted by atomic mass is 10.1. The highest BCUT2D eigenvalue weighted by atomic mass is 35.5. The Labute approximate surface area is 200 Å². The molecule has 1 amide bonds. The lowest BCUT2D eigenvalue weighted by Crippen LogP contribution is -2.49. The van der Waals surface area contributed by atoms with E-state index in [1.54, 1.807) is 11.0 Å². The van der Waals surface area contributed by atoms with Crippen LogP contribution in [-0.2, 0) is 0 Å². The van der Waals surface area contributed by atoms with Crippen LogP contribution in [0.2, 0.25) is 5.02 Å². The number of hydrogen-bond acceptors (Lipinski definition) is 6. The number of aromatic nitrogens is 2. The number of nitro benzene ring substituents is 1. The lowest BCUT2D eigenvalue weighted by Gasteiger charge is -2.35. The smallest absolute Gasteiger partial charge is 0.270 e. The van der Waals surface area contributed by atoms with Crippen LogP contribution in [0.3, 0.4) is 0 Å². The number of hydrogen-bond donors (Lipinski definition) is 0. The molecule has 0 spiro atoms. The van der Waals surface area contributed by atoms with Gasteiger partial charge in [0.1, 0.15) is 0 Å². The molecule has 0 atom stereocenters. The molecule has 2 heterocycles. The average molecular weight is 474 g/mol. The van der Waals surface area contributed by atoms with Gasteiger partial charge >= 0.3 is 0 Å². The van der Waals surface area contributed by atoms with Gasteiger partial charge in [-0.25, -0.2) is 9.97 Å². The van der Waals surface area contributed by atoms with Gasteiger partial charge in [0.2, 0.25) is 5.95 Å². The Bertz CT molecular complexity index is 1390. The molecule has 8 nitrogen and oxygen atoms in total. The minimum Gasteiger partial charge on any atom is -0.337 e. The molecule has 1 aliphatic heterocycles. The number of carbonyl (C=O) groups excluding carboxylic acids is 1. The van der Waals surface area contributed by atoms with Gasteiger partial charge in [0.05, 0.1) is 16.1 Å². The standard InChI is InChI=1S/C25H20ClN5O3/c26-19-10-8-17(9-11-19)23-21-6-1-2-7-22(21)27-25(28-23)30-14-12-29(13-15-30)24(32)18-4-3-5-20(16-18)31(33)34/h1-11,16H,12-15H2. The van der Waals surface area contributed by atoms with Crippen molar-refractivity contribution in [1.29, 1.82) is 0 Å². The SMILES string of the molecule is O=C(c1cccc([N+](=O)[O-])c1)N1CCN(c2nc(-c3ccc(Cl)cc3)c3ccccc3n2)CC1. The molecule has 4 aromatic rings. The van der Waals surface area contributed by atoms with E-state index in [0.29, 0.717) is 42.7 Å². The second-order valence-electron chi connectivity index (χ2n) is 7.98. The minimum atomic E-state index is -0.496. The molecule has 0 N–H and O–H groups in total. The summed E-state index contributed by atoms with van der Waals surface area (Å²) < 4.78 is 0. The van der Waals surface area contributed by atoms with Gasteiger partial charge in [-0.1, -0.05) is 48.0 Å². The molecule has 3 aromatic carbocycles. The maximum absolute atomic E-state index is 12.9. The number of non-ortho nitro benzene ring substituents is 1. The number of nitro groups is 1. The lowest BCUT2D eigenvalue weighted by molar-refractivity contribution is -0.384. The van der Waals surface area contributed by atoms with Crippen LogP contribution in [-0.4, -0.2) is 51.9 Å². The molecule has 1 saturated heterocycles. The molecule has 0 aliphatic carbocycles. The largest absolute Gasteiger partial charge is 0.337 e. The van der Waals surface area contributed by atoms with E-state index in [1.165, 1.54) is 18.2 Å². The van der Waals surface area contributed by atoms with Gasteiger partial charge in [-0.3, -0.25) is 14.9 Å². The molecule has 0 radical (unpaired) electrons. The summed E-state index contributed by atoms with van der Waals surface area (Å²) in [5.74, 6) is 0.385. The van der Waals surface area contributed by atoms with E-state index in [-0.39, 0.29) is 11.6 Å². The van der Waals surface area contributed by atoms with Gasteiger partial charge in [-0.05, 0) is 24.3 Å². The van der Waals surface area contributed by atoms with E-state index < -0.39 is 4.92 Å². The summed E-state index contributed by atoms with van der Waals surface area (Å²) in [4.78, 5) is 36.9. The van der Waals surface area contributed by atoms with E-state index in [0.717, 1.165) is 22.2 Å². The first-order valence-electron chi connectivity index (χ1n) is 10.8. The van der Waals surface area contributed by atoms with E-state index in [4.69, 9.17) is 21.6 Å². The Hall–Kier alpha value is -4.04. The number of halogens is 1. The van der Waals surface area contributed by atoms with Gasteiger partial charge in [0, 0.05) is 59.8 Å². The zero-order chi connectivity index (χ0) is 23.7. The van der Waals surface area contributed by atoms with Crippen LogP contribution < -0.4 is 4.90 Å². The molecular formula is C25H20ClN5O3. The van der Waals surface area contributed by atoms with Gasteiger partial charge < -0.3 is 9.80 Å². The highest BCUT2D eigenvalue weighted by Gasteiger charge is 2.25. The minimum absolute atomic E-state index is 0.0937. The number of piperazine rings is 1. The first-order chi connectivity index (χ1) is 16.5. The van der Waals surface area contributed by atoms with Crippen molar-refractivity contribution in [2.45, 2.75) is 0 Å². The number of amides is 1. The molecule has 1 fully saturated rings. The Morgan fingerprint density at radius 2 is 1.65 bits per heavy atom. The third-order valence-corrected chi connectivity index (χ3v) is 6.11. The highest BCUT2D eigenvalue weighted by Crippen LogP contribution is 2.29. The van der Waals surface area contributed by atoms with E-state index in [2.05, 4.69) is 4.90 Å². The molecule has 0 unspecified atom stereocenters. The molecule has 5 rings (SSSR count). The molecule has 1 aliphatic rings. The third-order valence-electron chi connectivity index (χ3n) is 5.86. The first kappa shape index (κ1) is 21.8. The number of nitrogens with zero attached hydrogens (tertiary/aromatic N) is 5. The zero-order valence-corrected chi connectivity index (χ0v) is 18.9. The van der Waals surface area contributed by atoms with E-state index in [1.807, 2.05) is 48.5 Å². The average Bonchev–Trinajstić information content (AvgIpc) is 2.88. The van der Waals surface area contributed by atoms with Crippen LogP contribution in [0, 0.1) is 10.1 Å². The normalized spacial score (nSPS) is 13.8. The van der Waals surface area contributed by atoms with Crippen molar-refractivity contribution in [1.82, 2.24) is 14.9 Å². The first-order valence-corrected chi connectivity index (χ1v) is 11.2. The zero-order valence-electron chi connectivity index (χ0n) is 18.1. The Morgan fingerprint density at radius 1 is 0.912 bits per heavy atom. The summed E-state index contributed by atoms with van der Waals surface area (Å²) in [7, 11) is 0. The topological polar surface area (TPSA) is 92.5 Å². The second kappa shape index (κ2) is 9.07. The summed E-state index contributed by atoms with van der Waals surface area (Å²) in [5.41, 5.74) is 2.84. The van der Waals surface area contributed by atoms with E-state index in [9.17, 15) is 14.9 Å². The van der Waals surface area contributed by atoms with Crippen molar-refractivity contribution in [3.8, 4) is 11.3 Å². The van der Waals surface area contributed by atoms with Crippen molar-refractivity contribution >= 4 is 40.0 Å². The van der Waals surface area contributed by atoms with Crippen molar-refractivity contribution in [2.24, 2.45) is 0 Å². The fourth-order valence-corrected chi connectivity index (χ4v) is 4.20. The number of benzene rings is 3. The fraction of sp³-hybridized carbons (Fsp3) is 0.160. The molecule has 0 saturated carbocycles. The molecule has 9 heteroatoms. The number of rotatable bonds is 4. The maximum Gasteiger partial charge on any atom is 0.270 e. The third kappa shape index (κ3) is 4.27. The Morgan fingerprint density at radius 3 is 2.38 bits per heavy atom. The number of anilines is 1. The van der Waals surface area contributed by atoms with Gasteiger partial charge in [0.15, 0.2) is 0 Å². The van der Waals surface area contributed by atoms with Crippen molar-refractivity contribution in [2.75, 3.05) is 31.1 Å². The predicted octanol–water partition coefficient (Wildman–Crippen LogP) is 4.82. The molecular weight excluding hydrogens is 454 g/mol. The van der Waals surface area contributed by atoms with Crippen LogP contribution in [0.15, 0.2) is 72.8 Å². The van der Waals surface area contributed by atoms with Crippen molar-refractivity contribution < 1.29 is 9.72 Å². The van der Waals surface area contributed by atoms with Gasteiger partial charge in [-0.15, -0.1) is 0 Å². The van der Waals surface area contributed by atoms with Crippen LogP contribution >= 0.6 is 11.6 Å². The van der Waals surface area contributed by atoms with Crippen LogP contribution in [0.1, 0.15) is 10.4 Å².